The molecule has 7 heteroatoms. The van der Waals surface area contributed by atoms with Gasteiger partial charge in [-0.15, -0.1) is 0 Å². The van der Waals surface area contributed by atoms with Gasteiger partial charge in [-0.25, -0.2) is 0 Å². The third kappa shape index (κ3) is 3.48. The van der Waals surface area contributed by atoms with Crippen LogP contribution in [-0.2, 0) is 4.79 Å². The number of carbonyl (C=O) groups is 1. The summed E-state index contributed by atoms with van der Waals surface area (Å²) in [5.74, 6) is -1.89. The molecule has 0 amide bonds. The SMILES string of the molecule is O=C(O)CC1(Nc2cccc(F)c2[N+](=O)[O-])CCCCC1. The Balaban J connectivity index is 2.35. The molecule has 0 aliphatic heterocycles. The first kappa shape index (κ1) is 15.2. The molecule has 1 fully saturated rings. The molecule has 1 saturated carbocycles. The number of hydrogen-bond donors (Lipinski definition) is 2. The predicted octanol–water partition coefficient (Wildman–Crippen LogP) is 3.32. The molecular formula is C14H17FN2O4. The Morgan fingerprint density at radius 2 is 2.05 bits per heavy atom. The van der Waals surface area contributed by atoms with Crippen molar-refractivity contribution < 1.29 is 19.2 Å². The molecule has 0 radical (unpaired) electrons. The number of carboxylic acid groups (broad SMARTS) is 1. The minimum Gasteiger partial charge on any atom is -0.481 e. The molecule has 0 bridgehead atoms. The van der Waals surface area contributed by atoms with E-state index in [1.54, 1.807) is 0 Å². The lowest BCUT2D eigenvalue weighted by atomic mass is 9.79. The van der Waals surface area contributed by atoms with E-state index >= 15 is 0 Å². The van der Waals surface area contributed by atoms with Gasteiger partial charge in [0.25, 0.3) is 0 Å². The van der Waals surface area contributed by atoms with Crippen LogP contribution in [0.15, 0.2) is 18.2 Å². The topological polar surface area (TPSA) is 92.5 Å². The lowest BCUT2D eigenvalue weighted by molar-refractivity contribution is -0.386. The number of nitrogens with zero attached hydrogens (tertiary/aromatic N) is 1. The van der Waals surface area contributed by atoms with E-state index in [1.165, 1.54) is 12.1 Å². The van der Waals surface area contributed by atoms with Gasteiger partial charge in [-0.05, 0) is 25.0 Å². The number of anilines is 1. The molecular weight excluding hydrogens is 279 g/mol. The maximum atomic E-state index is 13.6. The van der Waals surface area contributed by atoms with Gasteiger partial charge in [0.2, 0.25) is 5.82 Å². The van der Waals surface area contributed by atoms with Crippen molar-refractivity contribution in [2.75, 3.05) is 5.32 Å². The average molecular weight is 296 g/mol. The van der Waals surface area contributed by atoms with Crippen LogP contribution in [0.25, 0.3) is 0 Å². The van der Waals surface area contributed by atoms with E-state index < -0.39 is 27.9 Å². The van der Waals surface area contributed by atoms with Crippen molar-refractivity contribution >= 4 is 17.3 Å². The van der Waals surface area contributed by atoms with Gasteiger partial charge in [-0.2, -0.15) is 4.39 Å². The van der Waals surface area contributed by atoms with Crippen LogP contribution in [0, 0.1) is 15.9 Å². The largest absolute Gasteiger partial charge is 0.481 e. The molecule has 2 N–H and O–H groups in total. The first-order chi connectivity index (χ1) is 9.93. The van der Waals surface area contributed by atoms with E-state index in [9.17, 15) is 19.3 Å². The number of nitrogens with one attached hydrogen (secondary N) is 1. The van der Waals surface area contributed by atoms with E-state index in [0.717, 1.165) is 25.3 Å². The Morgan fingerprint density at radius 3 is 2.62 bits per heavy atom. The van der Waals surface area contributed by atoms with Crippen LogP contribution in [0.1, 0.15) is 38.5 Å². The standard InChI is InChI=1S/C14H17FN2O4/c15-10-5-4-6-11(13(10)17(20)21)16-14(9-12(18)19)7-2-1-3-8-14/h4-6,16H,1-3,7-9H2,(H,18,19). The van der Waals surface area contributed by atoms with Gasteiger partial charge in [0, 0.05) is 5.54 Å². The molecule has 1 aliphatic carbocycles. The third-order valence-corrected chi connectivity index (χ3v) is 3.87. The highest BCUT2D eigenvalue weighted by Crippen LogP contribution is 2.37. The summed E-state index contributed by atoms with van der Waals surface area (Å²) >= 11 is 0. The number of carboxylic acids is 1. The van der Waals surface area contributed by atoms with Crippen LogP contribution in [0.2, 0.25) is 0 Å². The summed E-state index contributed by atoms with van der Waals surface area (Å²) in [6.45, 7) is 0. The second kappa shape index (κ2) is 6.07. The Bertz CT molecular complexity index is 556. The van der Waals surface area contributed by atoms with Gasteiger partial charge >= 0.3 is 11.7 Å². The van der Waals surface area contributed by atoms with Gasteiger partial charge in [0.15, 0.2) is 0 Å². The second-order valence-corrected chi connectivity index (χ2v) is 5.43. The summed E-state index contributed by atoms with van der Waals surface area (Å²) in [5.41, 5.74) is -1.33. The van der Waals surface area contributed by atoms with Crippen molar-refractivity contribution in [3.05, 3.63) is 34.1 Å². The smallest absolute Gasteiger partial charge is 0.327 e. The Morgan fingerprint density at radius 1 is 1.38 bits per heavy atom. The van der Waals surface area contributed by atoms with E-state index in [0.29, 0.717) is 12.8 Å². The van der Waals surface area contributed by atoms with Crippen molar-refractivity contribution in [2.45, 2.75) is 44.1 Å². The molecule has 0 unspecified atom stereocenters. The minimum atomic E-state index is -0.969. The number of hydrogen-bond acceptors (Lipinski definition) is 4. The maximum Gasteiger partial charge on any atom is 0.327 e. The zero-order valence-corrected chi connectivity index (χ0v) is 11.5. The maximum absolute atomic E-state index is 13.6. The average Bonchev–Trinajstić information content (AvgIpc) is 2.38. The summed E-state index contributed by atoms with van der Waals surface area (Å²) < 4.78 is 13.6. The molecule has 1 aromatic carbocycles. The first-order valence-corrected chi connectivity index (χ1v) is 6.86. The fourth-order valence-electron chi connectivity index (χ4n) is 2.95. The normalized spacial score (nSPS) is 17.2. The summed E-state index contributed by atoms with van der Waals surface area (Å²) in [7, 11) is 0. The Hall–Kier alpha value is -2.18. The summed E-state index contributed by atoms with van der Waals surface area (Å²) in [4.78, 5) is 21.3. The molecule has 0 heterocycles. The number of rotatable bonds is 5. The number of nitro benzene ring substituents is 1. The molecule has 21 heavy (non-hydrogen) atoms. The molecule has 0 saturated heterocycles. The van der Waals surface area contributed by atoms with E-state index in [1.807, 2.05) is 0 Å². The molecule has 114 valence electrons. The fourth-order valence-corrected chi connectivity index (χ4v) is 2.95. The molecule has 6 nitrogen and oxygen atoms in total. The van der Waals surface area contributed by atoms with Gasteiger partial charge in [-0.3, -0.25) is 14.9 Å². The first-order valence-electron chi connectivity index (χ1n) is 6.86. The Labute approximate surface area is 121 Å². The van der Waals surface area contributed by atoms with Gasteiger partial charge in [0.1, 0.15) is 5.69 Å². The summed E-state index contributed by atoms with van der Waals surface area (Å²) in [6.07, 6.45) is 3.78. The van der Waals surface area contributed by atoms with Crippen molar-refractivity contribution in [1.82, 2.24) is 0 Å². The van der Waals surface area contributed by atoms with Crippen LogP contribution in [0.5, 0.6) is 0 Å². The van der Waals surface area contributed by atoms with Gasteiger partial charge in [-0.1, -0.05) is 25.3 Å². The quantitative estimate of drug-likeness (QED) is 0.642. The molecule has 0 aromatic heterocycles. The van der Waals surface area contributed by atoms with Crippen LogP contribution < -0.4 is 5.32 Å². The van der Waals surface area contributed by atoms with E-state index in [2.05, 4.69) is 5.32 Å². The summed E-state index contributed by atoms with van der Waals surface area (Å²) in [6, 6.07) is 3.81. The summed E-state index contributed by atoms with van der Waals surface area (Å²) in [5, 5.41) is 23.1. The van der Waals surface area contributed by atoms with Crippen molar-refractivity contribution in [3.8, 4) is 0 Å². The second-order valence-electron chi connectivity index (χ2n) is 5.43. The van der Waals surface area contributed by atoms with Crippen molar-refractivity contribution in [1.29, 1.82) is 0 Å². The van der Waals surface area contributed by atoms with Gasteiger partial charge in [0.05, 0.1) is 11.3 Å². The zero-order chi connectivity index (χ0) is 15.5. The molecule has 0 spiro atoms. The van der Waals surface area contributed by atoms with Crippen molar-refractivity contribution in [2.24, 2.45) is 0 Å². The highest BCUT2D eigenvalue weighted by atomic mass is 19.1. The molecule has 1 aliphatic rings. The van der Waals surface area contributed by atoms with Crippen LogP contribution in [0.4, 0.5) is 15.8 Å². The Kier molecular flexibility index (Phi) is 4.40. The lowest BCUT2D eigenvalue weighted by Crippen LogP contribution is -2.42. The molecule has 0 atom stereocenters. The monoisotopic (exact) mass is 296 g/mol. The van der Waals surface area contributed by atoms with E-state index in [4.69, 9.17) is 5.11 Å². The number of para-hydroxylation sites is 1. The van der Waals surface area contributed by atoms with Crippen LogP contribution >= 0.6 is 0 Å². The lowest BCUT2D eigenvalue weighted by Gasteiger charge is -2.37. The van der Waals surface area contributed by atoms with Crippen LogP contribution in [-0.4, -0.2) is 21.5 Å². The highest BCUT2D eigenvalue weighted by Gasteiger charge is 2.36. The number of nitro groups is 1. The third-order valence-electron chi connectivity index (χ3n) is 3.87. The van der Waals surface area contributed by atoms with Gasteiger partial charge < -0.3 is 10.4 Å². The molecule has 1 aromatic rings. The zero-order valence-electron chi connectivity index (χ0n) is 11.5. The van der Waals surface area contributed by atoms with Crippen molar-refractivity contribution in [3.63, 3.8) is 0 Å². The number of halogens is 1. The number of benzene rings is 1. The fraction of sp³-hybridized carbons (Fsp3) is 0.500. The molecule has 2 rings (SSSR count). The van der Waals surface area contributed by atoms with E-state index in [-0.39, 0.29) is 12.1 Å². The minimum absolute atomic E-state index is 0.0446. The highest BCUT2D eigenvalue weighted by molar-refractivity contribution is 5.71. The predicted molar refractivity (Wildman–Crippen MR) is 74.7 cm³/mol. The number of aliphatic carboxylic acids is 1. The van der Waals surface area contributed by atoms with Crippen LogP contribution in [0.3, 0.4) is 0 Å².